The quantitative estimate of drug-likeness (QED) is 0.143. The molecule has 0 bridgehead atoms. The number of hydrogen-bond acceptors (Lipinski definition) is 6. The molecule has 0 unspecified atom stereocenters. The third-order valence-corrected chi connectivity index (χ3v) is 10.1. The lowest BCUT2D eigenvalue weighted by Gasteiger charge is -2.25. The molecular weight excluding hydrogens is 706 g/mol. The number of nitrogens with two attached hydrogens (primary N) is 1. The molecule has 258 valence electrons. The second-order valence-electron chi connectivity index (χ2n) is 10.9. The molecule has 0 fully saturated rings. The standard InChI is InChI=1S/C32H40Cl2N6O4S.2ClH/c1-23-27(33)14-15-28(31(23)34)45(43,44)40(19-16-24-8-5-4-6-9-24)22-29(41)37-20-30(42)39(18-7-17-38(2)3)21-25-10-12-26(13-11-25)32(35)36;;/h4-6,8-15H,7,16-22H2,1-3H3,(H3,35,36)(H,37,41);2*1H. The highest BCUT2D eigenvalue weighted by atomic mass is 35.5. The average molecular weight is 749 g/mol. The summed E-state index contributed by atoms with van der Waals surface area (Å²) < 4.78 is 28.6. The molecule has 10 nitrogen and oxygen atoms in total. The molecule has 4 N–H and O–H groups in total. The van der Waals surface area contributed by atoms with Crippen LogP contribution in [0.15, 0.2) is 71.6 Å². The van der Waals surface area contributed by atoms with Crippen molar-refractivity contribution < 1.29 is 18.0 Å². The molecule has 0 heterocycles. The topological polar surface area (TPSA) is 140 Å². The SMILES string of the molecule is Cc1c(Cl)ccc(S(=O)(=O)N(CCc2ccccc2)CC(=O)NCC(=O)N(CCCN(C)C)Cc2ccc(C(=N)N)cc2)c1Cl.Cl.Cl. The fourth-order valence-electron chi connectivity index (χ4n) is 4.54. The van der Waals surface area contributed by atoms with Gasteiger partial charge in [0.1, 0.15) is 10.7 Å². The smallest absolute Gasteiger partial charge is 0.245 e. The molecule has 0 aliphatic rings. The zero-order valence-electron chi connectivity index (χ0n) is 26.5. The van der Waals surface area contributed by atoms with Crippen LogP contribution >= 0.6 is 48.0 Å². The van der Waals surface area contributed by atoms with E-state index in [0.29, 0.717) is 42.1 Å². The number of rotatable bonds is 16. The van der Waals surface area contributed by atoms with Crippen LogP contribution in [0.5, 0.6) is 0 Å². The van der Waals surface area contributed by atoms with Gasteiger partial charge in [-0.1, -0.05) is 77.8 Å². The highest BCUT2D eigenvalue weighted by molar-refractivity contribution is 7.89. The molecule has 0 spiro atoms. The van der Waals surface area contributed by atoms with Gasteiger partial charge in [0, 0.05) is 30.2 Å². The Labute approximate surface area is 300 Å². The monoisotopic (exact) mass is 746 g/mol. The molecule has 3 rings (SSSR count). The number of amides is 2. The van der Waals surface area contributed by atoms with Crippen molar-refractivity contribution in [1.82, 2.24) is 19.4 Å². The number of amidine groups is 1. The lowest BCUT2D eigenvalue weighted by atomic mass is 10.1. The molecule has 3 aromatic carbocycles. The lowest BCUT2D eigenvalue weighted by Crippen LogP contribution is -2.45. The number of carbonyl (C=O) groups excluding carboxylic acids is 2. The van der Waals surface area contributed by atoms with E-state index in [1.165, 1.54) is 12.1 Å². The molecule has 0 aliphatic heterocycles. The van der Waals surface area contributed by atoms with E-state index in [-0.39, 0.29) is 59.6 Å². The van der Waals surface area contributed by atoms with Crippen molar-refractivity contribution in [3.63, 3.8) is 0 Å². The number of sulfonamides is 1. The minimum atomic E-state index is -4.20. The first-order chi connectivity index (χ1) is 21.3. The van der Waals surface area contributed by atoms with Crippen molar-refractivity contribution in [2.24, 2.45) is 5.73 Å². The number of carbonyl (C=O) groups is 2. The van der Waals surface area contributed by atoms with E-state index >= 15 is 0 Å². The van der Waals surface area contributed by atoms with Crippen molar-refractivity contribution in [2.75, 3.05) is 46.8 Å². The molecule has 47 heavy (non-hydrogen) atoms. The number of nitrogens with one attached hydrogen (secondary N) is 2. The molecule has 0 radical (unpaired) electrons. The zero-order chi connectivity index (χ0) is 33.1. The van der Waals surface area contributed by atoms with Crippen LogP contribution in [0.3, 0.4) is 0 Å². The molecule has 0 saturated carbocycles. The van der Waals surface area contributed by atoms with Gasteiger partial charge in [-0.05, 0) is 69.2 Å². The van der Waals surface area contributed by atoms with Gasteiger partial charge >= 0.3 is 0 Å². The number of nitrogen functional groups attached to an aromatic ring is 1. The predicted octanol–water partition coefficient (Wildman–Crippen LogP) is 4.76. The summed E-state index contributed by atoms with van der Waals surface area (Å²) in [5.74, 6) is -0.981. The van der Waals surface area contributed by atoms with Crippen LogP contribution < -0.4 is 11.1 Å². The van der Waals surface area contributed by atoms with Crippen LogP contribution in [-0.4, -0.2) is 87.0 Å². The highest BCUT2D eigenvalue weighted by Crippen LogP contribution is 2.32. The Morgan fingerprint density at radius 3 is 2.13 bits per heavy atom. The zero-order valence-corrected chi connectivity index (χ0v) is 30.5. The van der Waals surface area contributed by atoms with Crippen molar-refractivity contribution in [3.05, 3.63) is 99.0 Å². The van der Waals surface area contributed by atoms with E-state index in [2.05, 4.69) is 5.32 Å². The van der Waals surface area contributed by atoms with Gasteiger partial charge in [0.15, 0.2) is 0 Å². The van der Waals surface area contributed by atoms with Gasteiger partial charge in [0.2, 0.25) is 21.8 Å². The average Bonchev–Trinajstić information content (AvgIpc) is 3.00. The van der Waals surface area contributed by atoms with Crippen molar-refractivity contribution in [3.8, 4) is 0 Å². The van der Waals surface area contributed by atoms with Crippen LogP contribution in [0.1, 0.15) is 28.7 Å². The van der Waals surface area contributed by atoms with Crippen molar-refractivity contribution in [1.29, 1.82) is 5.41 Å². The van der Waals surface area contributed by atoms with E-state index < -0.39 is 22.5 Å². The van der Waals surface area contributed by atoms with Crippen molar-refractivity contribution >= 4 is 75.7 Å². The second-order valence-corrected chi connectivity index (χ2v) is 13.6. The van der Waals surface area contributed by atoms with E-state index in [9.17, 15) is 18.0 Å². The minimum Gasteiger partial charge on any atom is -0.384 e. The second kappa shape index (κ2) is 19.8. The minimum absolute atomic E-state index is 0. The van der Waals surface area contributed by atoms with E-state index in [1.807, 2.05) is 49.3 Å². The lowest BCUT2D eigenvalue weighted by molar-refractivity contribution is -0.133. The fourth-order valence-corrected chi connectivity index (χ4v) is 6.72. The third-order valence-electron chi connectivity index (χ3n) is 7.18. The van der Waals surface area contributed by atoms with Gasteiger partial charge in [-0.2, -0.15) is 4.31 Å². The third kappa shape index (κ3) is 12.6. The largest absolute Gasteiger partial charge is 0.384 e. The van der Waals surface area contributed by atoms with Gasteiger partial charge in [-0.3, -0.25) is 15.0 Å². The normalized spacial score (nSPS) is 11.0. The molecule has 15 heteroatoms. The number of halogens is 4. The summed E-state index contributed by atoms with van der Waals surface area (Å²) in [6.45, 7) is 2.34. The Morgan fingerprint density at radius 1 is 0.894 bits per heavy atom. The van der Waals surface area contributed by atoms with Gasteiger partial charge < -0.3 is 20.9 Å². The van der Waals surface area contributed by atoms with Crippen LogP contribution in [0.25, 0.3) is 0 Å². The molecule has 0 aromatic heterocycles. The summed E-state index contributed by atoms with van der Waals surface area (Å²) in [5, 5.41) is 10.5. The first kappa shape index (κ1) is 42.1. The molecular formula is C32H42Cl4N6O4S. The van der Waals surface area contributed by atoms with Crippen LogP contribution in [-0.2, 0) is 32.6 Å². The number of nitrogens with zero attached hydrogens (tertiary/aromatic N) is 3. The van der Waals surface area contributed by atoms with Gasteiger partial charge in [-0.25, -0.2) is 8.42 Å². The summed E-state index contributed by atoms with van der Waals surface area (Å²) >= 11 is 12.6. The first-order valence-electron chi connectivity index (χ1n) is 14.4. The Hall–Kier alpha value is -2.90. The Bertz CT molecular complexity index is 1590. The summed E-state index contributed by atoms with van der Waals surface area (Å²) in [6, 6.07) is 19.2. The predicted molar refractivity (Wildman–Crippen MR) is 194 cm³/mol. The number of benzene rings is 3. The molecule has 0 atom stereocenters. The maximum absolute atomic E-state index is 13.8. The summed E-state index contributed by atoms with van der Waals surface area (Å²) in [4.78, 5) is 30.0. The van der Waals surface area contributed by atoms with Gasteiger partial charge in [-0.15, -0.1) is 24.8 Å². The first-order valence-corrected chi connectivity index (χ1v) is 16.6. The Balaban J connectivity index is 0.00000552. The van der Waals surface area contributed by atoms with E-state index in [4.69, 9.17) is 34.3 Å². The van der Waals surface area contributed by atoms with Crippen LogP contribution in [0, 0.1) is 12.3 Å². The fraction of sp³-hybridized carbons (Fsp3) is 0.344. The summed E-state index contributed by atoms with van der Waals surface area (Å²) in [5.41, 5.74) is 8.30. The van der Waals surface area contributed by atoms with Crippen LogP contribution in [0.2, 0.25) is 10.0 Å². The van der Waals surface area contributed by atoms with Crippen molar-refractivity contribution in [2.45, 2.75) is 31.2 Å². The molecule has 0 saturated heterocycles. The van der Waals surface area contributed by atoms with Gasteiger partial charge in [0.05, 0.1) is 18.1 Å². The molecule has 0 aliphatic carbocycles. The number of hydrogen-bond donors (Lipinski definition) is 3. The maximum atomic E-state index is 13.8. The summed E-state index contributed by atoms with van der Waals surface area (Å²) in [7, 11) is -0.309. The van der Waals surface area contributed by atoms with E-state index in [0.717, 1.165) is 22.0 Å². The summed E-state index contributed by atoms with van der Waals surface area (Å²) in [6.07, 6.45) is 1.07. The highest BCUT2D eigenvalue weighted by Gasteiger charge is 2.30. The molecule has 2 amide bonds. The van der Waals surface area contributed by atoms with Gasteiger partial charge in [0.25, 0.3) is 0 Å². The van der Waals surface area contributed by atoms with Crippen LogP contribution in [0.4, 0.5) is 0 Å². The Kier molecular flexibility index (Phi) is 17.8. The molecule has 3 aromatic rings. The Morgan fingerprint density at radius 2 is 1.53 bits per heavy atom. The van der Waals surface area contributed by atoms with E-state index in [1.54, 1.807) is 36.1 Å². The maximum Gasteiger partial charge on any atom is 0.245 e.